The second-order valence-electron chi connectivity index (χ2n) is 6.92. The summed E-state index contributed by atoms with van der Waals surface area (Å²) >= 11 is 0. The SMILES string of the molecule is [C-]#[N+]C1=NC2=NC(=N)C(N)C3(N)C(=N)N=C4N=C([N+]#[C-])C(N)([N+]#[C-])C1C4(N)C23. The molecule has 0 bridgehead atoms. The Morgan fingerprint density at radius 3 is 2.14 bits per heavy atom. The molecule has 0 saturated carbocycles. The number of nitrogens with two attached hydrogens (primary N) is 4. The number of aliphatic imine (C=N–C) groups is 4. The van der Waals surface area contributed by atoms with Crippen LogP contribution >= 0.6 is 0 Å². The van der Waals surface area contributed by atoms with Crippen LogP contribution in [0.5, 0.6) is 0 Å². The Labute approximate surface area is 158 Å². The van der Waals surface area contributed by atoms with Gasteiger partial charge in [0, 0.05) is 0 Å². The predicted molar refractivity (Wildman–Crippen MR) is 101 cm³/mol. The molecule has 13 heteroatoms. The zero-order valence-corrected chi connectivity index (χ0v) is 14.2. The van der Waals surface area contributed by atoms with Crippen molar-refractivity contribution in [2.75, 3.05) is 0 Å². The third-order valence-corrected chi connectivity index (χ3v) is 5.65. The van der Waals surface area contributed by atoms with E-state index < -0.39 is 46.3 Å². The highest BCUT2D eigenvalue weighted by Crippen LogP contribution is 2.50. The molecule has 0 amide bonds. The molecule has 4 aliphatic heterocycles. The molecule has 6 atom stereocenters. The van der Waals surface area contributed by atoms with Crippen molar-refractivity contribution in [2.24, 2.45) is 54.7 Å². The summed E-state index contributed by atoms with van der Waals surface area (Å²) in [7, 11) is 0. The minimum absolute atomic E-state index is 0.0649. The molecule has 4 rings (SSSR count). The molecular weight excluding hydrogens is 362 g/mol. The molecule has 0 aromatic heterocycles. The van der Waals surface area contributed by atoms with Gasteiger partial charge in [-0.15, -0.1) is 4.99 Å². The average Bonchev–Trinajstić information content (AvgIpc) is 2.66. The number of nitrogens with one attached hydrogen (secondary N) is 2. The maximum atomic E-state index is 8.33. The van der Waals surface area contributed by atoms with Gasteiger partial charge in [-0.25, -0.2) is 6.57 Å². The van der Waals surface area contributed by atoms with Crippen LogP contribution in [0.1, 0.15) is 0 Å². The van der Waals surface area contributed by atoms with Gasteiger partial charge in [-0.2, -0.15) is 9.98 Å². The quantitative estimate of drug-likeness (QED) is 0.264. The largest absolute Gasteiger partial charge is 0.364 e. The van der Waals surface area contributed by atoms with Crippen LogP contribution in [0.2, 0.25) is 0 Å². The summed E-state index contributed by atoms with van der Waals surface area (Å²) in [5, 5.41) is 16.3. The van der Waals surface area contributed by atoms with E-state index >= 15 is 0 Å². The van der Waals surface area contributed by atoms with E-state index in [0.29, 0.717) is 0 Å². The van der Waals surface area contributed by atoms with Crippen LogP contribution in [-0.4, -0.2) is 57.8 Å². The molecule has 0 aliphatic carbocycles. The average molecular weight is 375 g/mol. The molecule has 13 nitrogen and oxygen atoms in total. The molecule has 4 aliphatic rings. The minimum Gasteiger partial charge on any atom is -0.364 e. The molecule has 0 aromatic carbocycles. The minimum atomic E-state index is -2.08. The van der Waals surface area contributed by atoms with Crippen molar-refractivity contribution in [3.05, 3.63) is 34.3 Å². The van der Waals surface area contributed by atoms with Crippen LogP contribution in [0.25, 0.3) is 14.5 Å². The topological polar surface area (TPSA) is 214 Å². The van der Waals surface area contributed by atoms with Gasteiger partial charge in [0.05, 0.1) is 12.0 Å². The maximum Gasteiger partial charge on any atom is 0.350 e. The summed E-state index contributed by atoms with van der Waals surface area (Å²) in [6, 6.07) is -1.23. The Hall–Kier alpha value is -3.67. The van der Waals surface area contributed by atoms with Gasteiger partial charge in [0.25, 0.3) is 5.84 Å². The number of hydrogen-bond acceptors (Lipinski definition) is 8. The van der Waals surface area contributed by atoms with Crippen molar-refractivity contribution < 1.29 is 0 Å². The lowest BCUT2D eigenvalue weighted by Crippen LogP contribution is -2.86. The molecule has 0 saturated heterocycles. The fourth-order valence-electron chi connectivity index (χ4n) is 4.30. The second kappa shape index (κ2) is 4.98. The van der Waals surface area contributed by atoms with Gasteiger partial charge in [-0.05, 0) is 0 Å². The van der Waals surface area contributed by atoms with Gasteiger partial charge in [0.2, 0.25) is 11.7 Å². The smallest absolute Gasteiger partial charge is 0.350 e. The Bertz CT molecular complexity index is 1120. The molecule has 6 unspecified atom stereocenters. The Kier molecular flexibility index (Phi) is 3.15. The third-order valence-electron chi connectivity index (χ3n) is 5.65. The highest BCUT2D eigenvalue weighted by molar-refractivity contribution is 6.29. The van der Waals surface area contributed by atoms with Gasteiger partial charge in [-0.1, -0.05) is 18.1 Å². The van der Waals surface area contributed by atoms with Gasteiger partial charge in [0.15, 0.2) is 0 Å². The summed E-state index contributed by atoms with van der Waals surface area (Å²) in [5.41, 5.74) is 19.9. The van der Waals surface area contributed by atoms with Crippen molar-refractivity contribution in [3.8, 4) is 0 Å². The zero-order valence-electron chi connectivity index (χ0n) is 14.2. The fourth-order valence-corrected chi connectivity index (χ4v) is 4.30. The zero-order chi connectivity index (χ0) is 20.6. The monoisotopic (exact) mass is 375 g/mol. The molecule has 28 heavy (non-hydrogen) atoms. The molecule has 0 radical (unpaired) electrons. The molecule has 0 aromatic rings. The molecule has 4 heterocycles. The van der Waals surface area contributed by atoms with Gasteiger partial charge in [-0.3, -0.25) is 21.4 Å². The van der Waals surface area contributed by atoms with E-state index in [1.54, 1.807) is 0 Å². The van der Waals surface area contributed by atoms with Crippen LogP contribution in [-0.2, 0) is 0 Å². The van der Waals surface area contributed by atoms with Gasteiger partial charge < -0.3 is 26.9 Å². The van der Waals surface area contributed by atoms with E-state index in [9.17, 15) is 0 Å². The lowest BCUT2D eigenvalue weighted by atomic mass is 9.54. The van der Waals surface area contributed by atoms with E-state index in [1.165, 1.54) is 0 Å². The molecule has 138 valence electrons. The van der Waals surface area contributed by atoms with E-state index in [0.717, 1.165) is 0 Å². The molecular formula is C15H13N13. The normalized spacial score (nSPS) is 43.2. The lowest BCUT2D eigenvalue weighted by molar-refractivity contribution is 0.227. The fraction of sp³-hybridized carbons (Fsp3) is 0.400. The van der Waals surface area contributed by atoms with Crippen molar-refractivity contribution >= 4 is 35.0 Å². The first kappa shape index (κ1) is 17.7. The predicted octanol–water partition coefficient (Wildman–Crippen LogP) is -2.04. The lowest BCUT2D eigenvalue weighted by Gasteiger charge is -2.55. The maximum absolute atomic E-state index is 8.33. The van der Waals surface area contributed by atoms with E-state index in [1.807, 2.05) is 0 Å². The Balaban J connectivity index is 2.19. The molecule has 0 fully saturated rings. The summed E-state index contributed by atoms with van der Waals surface area (Å²) in [6.45, 7) is 22.5. The van der Waals surface area contributed by atoms with Crippen LogP contribution in [0.15, 0.2) is 20.0 Å². The van der Waals surface area contributed by atoms with E-state index in [-0.39, 0.29) is 23.3 Å². The van der Waals surface area contributed by atoms with Crippen molar-refractivity contribution in [2.45, 2.75) is 22.8 Å². The Morgan fingerprint density at radius 1 is 0.893 bits per heavy atom. The van der Waals surface area contributed by atoms with E-state index in [2.05, 4.69) is 34.5 Å². The number of rotatable bonds is 0. The van der Waals surface area contributed by atoms with Gasteiger partial charge >= 0.3 is 11.5 Å². The summed E-state index contributed by atoms with van der Waals surface area (Å²) in [4.78, 5) is 26.3. The Morgan fingerprint density at radius 2 is 1.57 bits per heavy atom. The van der Waals surface area contributed by atoms with Crippen molar-refractivity contribution in [1.82, 2.24) is 0 Å². The van der Waals surface area contributed by atoms with Crippen LogP contribution in [0.4, 0.5) is 0 Å². The highest BCUT2D eigenvalue weighted by Gasteiger charge is 2.77. The summed E-state index contributed by atoms with van der Waals surface area (Å²) < 4.78 is 0. The standard InChI is InChI=1S/C15H13N13/c1-22-8-5-13(19)4-9(26-8)25-7(17)6(16)14(4,20)10(18)27-11(13)28-12(23-2)15(5,21)24-3/h4-6,17-18H,16,19-21H2. The summed E-state index contributed by atoms with van der Waals surface area (Å²) in [5.74, 6) is -4.06. The van der Waals surface area contributed by atoms with Crippen LogP contribution < -0.4 is 22.9 Å². The van der Waals surface area contributed by atoms with Crippen LogP contribution in [0, 0.1) is 42.4 Å². The van der Waals surface area contributed by atoms with Crippen molar-refractivity contribution in [1.29, 1.82) is 10.8 Å². The summed E-state index contributed by atoms with van der Waals surface area (Å²) in [6.07, 6.45) is 0. The highest BCUT2D eigenvalue weighted by atomic mass is 15.3. The second-order valence-corrected chi connectivity index (χ2v) is 6.92. The number of hydrogen-bond donors (Lipinski definition) is 6. The third kappa shape index (κ3) is 1.61. The molecule has 0 spiro atoms. The van der Waals surface area contributed by atoms with Gasteiger partial charge in [0.1, 0.15) is 28.7 Å². The first-order valence-electron chi connectivity index (χ1n) is 7.89. The van der Waals surface area contributed by atoms with Crippen LogP contribution in [0.3, 0.4) is 0 Å². The first-order valence-corrected chi connectivity index (χ1v) is 7.89. The van der Waals surface area contributed by atoms with Crippen molar-refractivity contribution in [3.63, 3.8) is 0 Å². The first-order chi connectivity index (χ1) is 13.1. The van der Waals surface area contributed by atoms with E-state index in [4.69, 9.17) is 53.5 Å². The number of amidine groups is 6. The molecule has 10 N–H and O–H groups in total. The number of nitrogens with zero attached hydrogens (tertiary/aromatic N) is 7.